The fraction of sp³-hybridized carbons (Fsp3) is 0.471. The van der Waals surface area contributed by atoms with E-state index in [9.17, 15) is 4.79 Å². The van der Waals surface area contributed by atoms with Gasteiger partial charge in [-0.15, -0.1) is 0 Å². The second kappa shape index (κ2) is 5.99. The number of benzene rings is 1. The van der Waals surface area contributed by atoms with Crippen LogP contribution in [0.2, 0.25) is 0 Å². The van der Waals surface area contributed by atoms with Crippen LogP contribution in [0.25, 0.3) is 6.08 Å². The molecule has 0 aliphatic carbocycles. The molecule has 0 saturated heterocycles. The summed E-state index contributed by atoms with van der Waals surface area (Å²) in [7, 11) is 0. The van der Waals surface area contributed by atoms with Gasteiger partial charge in [-0.05, 0) is 41.0 Å². The Labute approximate surface area is 111 Å². The summed E-state index contributed by atoms with van der Waals surface area (Å²) in [5, 5.41) is 0. The minimum atomic E-state index is 0.227. The first-order valence-corrected chi connectivity index (χ1v) is 6.65. The van der Waals surface area contributed by atoms with Gasteiger partial charge in [0.15, 0.2) is 0 Å². The average molecular weight is 244 g/mol. The van der Waals surface area contributed by atoms with Gasteiger partial charge in [-0.25, -0.2) is 0 Å². The van der Waals surface area contributed by atoms with Crippen molar-refractivity contribution in [2.24, 2.45) is 0 Å². The molecule has 1 nitrogen and oxygen atoms in total. The molecule has 98 valence electrons. The van der Waals surface area contributed by atoms with Gasteiger partial charge in [-0.1, -0.05) is 52.5 Å². The van der Waals surface area contributed by atoms with Crippen molar-refractivity contribution in [2.75, 3.05) is 0 Å². The molecule has 0 unspecified atom stereocenters. The highest BCUT2D eigenvalue weighted by molar-refractivity contribution is 5.79. The summed E-state index contributed by atoms with van der Waals surface area (Å²) in [5.41, 5.74) is 4.94. The van der Waals surface area contributed by atoms with E-state index in [1.807, 2.05) is 6.08 Å². The fourth-order valence-corrected chi connectivity index (χ4v) is 2.34. The second-order valence-corrected chi connectivity index (χ2v) is 5.57. The largest absolute Gasteiger partial charge is 0.300 e. The highest BCUT2D eigenvalue weighted by Gasteiger charge is 2.16. The Morgan fingerprint density at radius 3 is 1.89 bits per heavy atom. The van der Waals surface area contributed by atoms with Gasteiger partial charge in [-0.2, -0.15) is 0 Å². The van der Waals surface area contributed by atoms with E-state index >= 15 is 0 Å². The summed E-state index contributed by atoms with van der Waals surface area (Å²) < 4.78 is 0. The maximum Gasteiger partial charge on any atom is 0.134 e. The van der Waals surface area contributed by atoms with Crippen LogP contribution in [0.4, 0.5) is 0 Å². The standard InChI is InChI=1S/C17H24O/c1-7-14-9-15(11(2)3)17(8-13(6)18)16(10-14)12(4)5/h7,9-12H,1,8H2,2-6H3. The number of ketones is 1. The van der Waals surface area contributed by atoms with Crippen molar-refractivity contribution >= 4 is 11.9 Å². The molecule has 0 fully saturated rings. The second-order valence-electron chi connectivity index (χ2n) is 5.57. The first-order chi connectivity index (χ1) is 8.36. The average Bonchev–Trinajstić information content (AvgIpc) is 2.27. The molecule has 1 rings (SSSR count). The summed E-state index contributed by atoms with van der Waals surface area (Å²) in [6, 6.07) is 4.34. The van der Waals surface area contributed by atoms with Crippen molar-refractivity contribution < 1.29 is 4.79 Å². The molecule has 0 aliphatic heterocycles. The number of carbonyl (C=O) groups is 1. The third-order valence-corrected chi connectivity index (χ3v) is 3.25. The molecular weight excluding hydrogens is 220 g/mol. The number of hydrogen-bond acceptors (Lipinski definition) is 1. The van der Waals surface area contributed by atoms with Gasteiger partial charge in [0.1, 0.15) is 5.78 Å². The first-order valence-electron chi connectivity index (χ1n) is 6.65. The van der Waals surface area contributed by atoms with Gasteiger partial charge in [0, 0.05) is 6.42 Å². The smallest absolute Gasteiger partial charge is 0.134 e. The highest BCUT2D eigenvalue weighted by Crippen LogP contribution is 2.30. The number of carbonyl (C=O) groups excluding carboxylic acids is 1. The van der Waals surface area contributed by atoms with Gasteiger partial charge in [-0.3, -0.25) is 4.79 Å². The predicted molar refractivity (Wildman–Crippen MR) is 79.1 cm³/mol. The van der Waals surface area contributed by atoms with Crippen LogP contribution in [0.3, 0.4) is 0 Å². The van der Waals surface area contributed by atoms with Gasteiger partial charge >= 0.3 is 0 Å². The summed E-state index contributed by atoms with van der Waals surface area (Å²) in [6.45, 7) is 14.2. The van der Waals surface area contributed by atoms with E-state index < -0.39 is 0 Å². The fourth-order valence-electron chi connectivity index (χ4n) is 2.34. The zero-order valence-electron chi connectivity index (χ0n) is 12.2. The molecule has 0 radical (unpaired) electrons. The van der Waals surface area contributed by atoms with Crippen molar-refractivity contribution in [3.05, 3.63) is 41.0 Å². The molecule has 0 aliphatic rings. The van der Waals surface area contributed by atoms with Gasteiger partial charge in [0.2, 0.25) is 0 Å². The monoisotopic (exact) mass is 244 g/mol. The lowest BCUT2D eigenvalue weighted by Gasteiger charge is -2.20. The molecule has 1 aromatic rings. The molecule has 1 aromatic carbocycles. The van der Waals surface area contributed by atoms with Gasteiger partial charge in [0.25, 0.3) is 0 Å². The molecule has 0 saturated carbocycles. The molecule has 0 atom stereocenters. The summed E-state index contributed by atoms with van der Waals surface area (Å²) in [5.74, 6) is 1.08. The number of Topliss-reactive ketones (excluding diaryl/α,β-unsaturated/α-hetero) is 1. The molecule has 0 heterocycles. The molecule has 1 heteroatoms. The Morgan fingerprint density at radius 1 is 1.17 bits per heavy atom. The van der Waals surface area contributed by atoms with E-state index in [-0.39, 0.29) is 5.78 Å². The van der Waals surface area contributed by atoms with Crippen LogP contribution in [0, 0.1) is 0 Å². The van der Waals surface area contributed by atoms with Crippen molar-refractivity contribution in [1.82, 2.24) is 0 Å². The normalized spacial score (nSPS) is 11.1. The van der Waals surface area contributed by atoms with E-state index in [1.54, 1.807) is 6.92 Å². The summed E-state index contributed by atoms with van der Waals surface area (Å²) in [4.78, 5) is 11.5. The van der Waals surface area contributed by atoms with E-state index in [0.29, 0.717) is 18.3 Å². The third-order valence-electron chi connectivity index (χ3n) is 3.25. The zero-order chi connectivity index (χ0) is 13.9. The number of hydrogen-bond donors (Lipinski definition) is 0. The van der Waals surface area contributed by atoms with Gasteiger partial charge in [0.05, 0.1) is 0 Å². The van der Waals surface area contributed by atoms with Crippen LogP contribution in [-0.4, -0.2) is 5.78 Å². The van der Waals surface area contributed by atoms with Crippen LogP contribution < -0.4 is 0 Å². The molecule has 18 heavy (non-hydrogen) atoms. The SMILES string of the molecule is C=Cc1cc(C(C)C)c(CC(C)=O)c(C(C)C)c1. The molecular formula is C17H24O. The number of rotatable bonds is 5. The predicted octanol–water partition coefficient (Wildman–Crippen LogP) is 4.71. The Morgan fingerprint density at radius 2 is 1.61 bits per heavy atom. The van der Waals surface area contributed by atoms with Crippen molar-refractivity contribution in [2.45, 2.75) is 52.9 Å². The lowest BCUT2D eigenvalue weighted by Crippen LogP contribution is -2.08. The topological polar surface area (TPSA) is 17.1 Å². The van der Waals surface area contributed by atoms with Crippen LogP contribution >= 0.6 is 0 Å². The Bertz CT molecular complexity index is 424. The molecule has 0 amide bonds. The Kier molecular flexibility index (Phi) is 4.89. The highest BCUT2D eigenvalue weighted by atomic mass is 16.1. The zero-order valence-corrected chi connectivity index (χ0v) is 12.2. The van der Waals surface area contributed by atoms with Crippen molar-refractivity contribution in [3.63, 3.8) is 0 Å². The first kappa shape index (κ1) is 14.7. The molecule has 0 aromatic heterocycles. The molecule has 0 N–H and O–H groups in total. The Balaban J connectivity index is 3.49. The third kappa shape index (κ3) is 3.32. The van der Waals surface area contributed by atoms with E-state index in [4.69, 9.17) is 0 Å². The van der Waals surface area contributed by atoms with Gasteiger partial charge < -0.3 is 0 Å². The molecule has 0 spiro atoms. The van der Waals surface area contributed by atoms with E-state index in [1.165, 1.54) is 16.7 Å². The van der Waals surface area contributed by atoms with Crippen LogP contribution in [-0.2, 0) is 11.2 Å². The lowest BCUT2D eigenvalue weighted by molar-refractivity contribution is -0.116. The minimum Gasteiger partial charge on any atom is -0.300 e. The Hall–Kier alpha value is -1.37. The van der Waals surface area contributed by atoms with Crippen LogP contribution in [0.15, 0.2) is 18.7 Å². The van der Waals surface area contributed by atoms with Crippen LogP contribution in [0.5, 0.6) is 0 Å². The maximum absolute atomic E-state index is 11.5. The summed E-state index contributed by atoms with van der Waals surface area (Å²) in [6.07, 6.45) is 2.42. The van der Waals surface area contributed by atoms with E-state index in [2.05, 4.69) is 46.4 Å². The van der Waals surface area contributed by atoms with Crippen molar-refractivity contribution in [3.8, 4) is 0 Å². The quantitative estimate of drug-likeness (QED) is 0.733. The van der Waals surface area contributed by atoms with E-state index in [0.717, 1.165) is 5.56 Å². The molecule has 0 bridgehead atoms. The maximum atomic E-state index is 11.5. The van der Waals surface area contributed by atoms with Crippen molar-refractivity contribution in [1.29, 1.82) is 0 Å². The lowest BCUT2D eigenvalue weighted by atomic mass is 9.84. The van der Waals surface area contributed by atoms with Crippen LogP contribution in [0.1, 0.15) is 68.7 Å². The minimum absolute atomic E-state index is 0.227. The summed E-state index contributed by atoms with van der Waals surface area (Å²) >= 11 is 0.